The SMILES string of the molecule is CCOC(=O)c1cc(C(=O)OCC)c2ccc([C+](c3ccc4cccccc3-4)c3cc([C+](c4ccc5c(C(=O)OCC)cc(C(=O)OCC)c-5cc4)c4ccc5cccccc4-5)c4cccccc3-4)ccc1-2. The molecular formula is C64H50O8+2. The van der Waals surface area contributed by atoms with Crippen LogP contribution in [0.5, 0.6) is 0 Å². The van der Waals surface area contributed by atoms with Gasteiger partial charge in [0, 0.05) is 50.6 Å². The van der Waals surface area contributed by atoms with Crippen molar-refractivity contribution >= 4 is 23.9 Å². The van der Waals surface area contributed by atoms with Crippen LogP contribution in [0.3, 0.4) is 0 Å². The molecule has 0 bridgehead atoms. The second kappa shape index (κ2) is 20.2. The van der Waals surface area contributed by atoms with E-state index in [4.69, 9.17) is 18.9 Å². The Balaban J connectivity index is 1.25. The van der Waals surface area contributed by atoms with Gasteiger partial charge in [-0.3, -0.25) is 0 Å². The van der Waals surface area contributed by atoms with E-state index in [0.29, 0.717) is 22.3 Å². The Kier molecular flexibility index (Phi) is 13.2. The molecule has 0 aromatic carbocycles. The van der Waals surface area contributed by atoms with E-state index in [1.54, 1.807) is 39.8 Å². The third-order valence-corrected chi connectivity index (χ3v) is 13.2. The molecule has 0 aromatic heterocycles. The Hall–Kier alpha value is -8.88. The van der Waals surface area contributed by atoms with Crippen molar-refractivity contribution in [2.24, 2.45) is 0 Å². The predicted octanol–water partition coefficient (Wildman–Crippen LogP) is 14.0. The predicted molar refractivity (Wildman–Crippen MR) is 280 cm³/mol. The van der Waals surface area contributed by atoms with E-state index in [-0.39, 0.29) is 48.7 Å². The fraction of sp³-hybridized carbons (Fsp3) is 0.125. The van der Waals surface area contributed by atoms with E-state index in [9.17, 15) is 19.2 Å². The molecule has 0 spiro atoms. The molecule has 0 saturated carbocycles. The van der Waals surface area contributed by atoms with Crippen LogP contribution in [0.1, 0.15) is 103 Å². The average Bonchev–Trinajstić information content (AvgIpc) is 3.99. The van der Waals surface area contributed by atoms with E-state index in [1.165, 1.54) is 0 Å². The highest BCUT2D eigenvalue weighted by molar-refractivity contribution is 6.09. The van der Waals surface area contributed by atoms with E-state index < -0.39 is 23.9 Å². The molecule has 10 rings (SSSR count). The highest BCUT2D eigenvalue weighted by atomic mass is 16.5. The van der Waals surface area contributed by atoms with Crippen LogP contribution in [0.4, 0.5) is 0 Å². The van der Waals surface area contributed by atoms with Crippen molar-refractivity contribution in [2.45, 2.75) is 27.7 Å². The Morgan fingerprint density at radius 1 is 0.306 bits per heavy atom. The zero-order valence-electron chi connectivity index (χ0n) is 40.4. The highest BCUT2D eigenvalue weighted by Crippen LogP contribution is 2.51. The fourth-order valence-corrected chi connectivity index (χ4v) is 10.1. The van der Waals surface area contributed by atoms with Gasteiger partial charge in [0.05, 0.1) is 105 Å². The molecule has 0 N–H and O–H groups in total. The van der Waals surface area contributed by atoms with Gasteiger partial charge in [0.1, 0.15) is 0 Å². The van der Waals surface area contributed by atoms with Gasteiger partial charge < -0.3 is 18.9 Å². The van der Waals surface area contributed by atoms with Crippen LogP contribution >= 0.6 is 0 Å². The first-order valence-corrected chi connectivity index (χ1v) is 24.3. The first-order chi connectivity index (χ1) is 35.2. The molecule has 8 heteroatoms. The number of rotatable bonds is 14. The van der Waals surface area contributed by atoms with Gasteiger partial charge in [-0.2, -0.15) is 0 Å². The molecule has 0 unspecified atom stereocenters. The van der Waals surface area contributed by atoms with Crippen LogP contribution in [0, 0.1) is 11.8 Å². The lowest BCUT2D eigenvalue weighted by atomic mass is 9.83. The lowest BCUT2D eigenvalue weighted by Crippen LogP contribution is -2.05. The summed E-state index contributed by atoms with van der Waals surface area (Å²) in [6.45, 7) is 7.71. The number of fused-ring (bicyclic) bond motifs is 5. The topological polar surface area (TPSA) is 105 Å². The molecule has 0 amide bonds. The third-order valence-electron chi connectivity index (χ3n) is 13.2. The molecule has 0 aliphatic heterocycles. The van der Waals surface area contributed by atoms with Crippen LogP contribution in [-0.4, -0.2) is 50.3 Å². The second-order valence-electron chi connectivity index (χ2n) is 17.2. The molecule has 0 heterocycles. The Morgan fingerprint density at radius 3 is 0.931 bits per heavy atom. The van der Waals surface area contributed by atoms with Crippen LogP contribution in [0.2, 0.25) is 0 Å². The Bertz CT molecular complexity index is 3140. The van der Waals surface area contributed by atoms with Crippen molar-refractivity contribution in [3.63, 3.8) is 0 Å². The molecule has 0 fully saturated rings. The lowest BCUT2D eigenvalue weighted by Gasteiger charge is -2.13. The molecule has 0 radical (unpaired) electrons. The van der Waals surface area contributed by atoms with Crippen molar-refractivity contribution in [1.82, 2.24) is 0 Å². The molecule has 0 aromatic rings. The van der Waals surface area contributed by atoms with Gasteiger partial charge in [-0.1, -0.05) is 54.6 Å². The summed E-state index contributed by atoms with van der Waals surface area (Å²) < 4.78 is 22.0. The minimum atomic E-state index is -0.525. The summed E-state index contributed by atoms with van der Waals surface area (Å²) >= 11 is 0. The zero-order chi connectivity index (χ0) is 49.9. The van der Waals surface area contributed by atoms with E-state index in [2.05, 4.69) is 66.7 Å². The number of carbonyl (C=O) groups excluding carboxylic acids is 4. The molecule has 10 aliphatic carbocycles. The monoisotopic (exact) mass is 946 g/mol. The standard InChI is InChI=1S/C64H50O8/c1-5-69-61(65)55-37-56(62(66)70-6-2)48-31-27-41(26-30-47(48)55)59(51-34-24-39-18-12-9-14-20-43(39)51)53-36-54(46-23-17-11-16-22-45(46)53)60(52-35-25-40-19-13-10-15-21-44(40)52)42-28-32-49-50(33-29-42)58(64(68)72-8-4)38-57(49)63(67)71-7-3/h9-38H,5-8H2,1-4H3/q+2. The van der Waals surface area contributed by atoms with E-state index in [0.717, 1.165) is 78.6 Å². The van der Waals surface area contributed by atoms with E-state index in [1.807, 2.05) is 103 Å². The van der Waals surface area contributed by atoms with Gasteiger partial charge in [-0.05, 0) is 149 Å². The van der Waals surface area contributed by atoms with Gasteiger partial charge in [0.15, 0.2) is 0 Å². The molecule has 0 saturated heterocycles. The largest absolute Gasteiger partial charge is 0.462 e. The smallest absolute Gasteiger partial charge is 0.338 e. The maximum Gasteiger partial charge on any atom is 0.338 e. The Morgan fingerprint density at radius 2 is 0.611 bits per heavy atom. The van der Waals surface area contributed by atoms with Crippen LogP contribution in [-0.2, 0) is 18.9 Å². The Labute approximate surface area is 419 Å². The van der Waals surface area contributed by atoms with Gasteiger partial charge in [-0.15, -0.1) is 0 Å². The zero-order valence-corrected chi connectivity index (χ0v) is 40.4. The quantitative estimate of drug-likeness (QED) is 0.0603. The summed E-state index contributed by atoms with van der Waals surface area (Å²) in [5.41, 5.74) is 15.1. The number of hydrogen-bond acceptors (Lipinski definition) is 8. The van der Waals surface area contributed by atoms with Gasteiger partial charge in [-0.25, -0.2) is 19.2 Å². The van der Waals surface area contributed by atoms with Crippen LogP contribution < -0.4 is 0 Å². The molecule has 72 heavy (non-hydrogen) atoms. The van der Waals surface area contributed by atoms with Crippen molar-refractivity contribution in [1.29, 1.82) is 0 Å². The summed E-state index contributed by atoms with van der Waals surface area (Å²) in [6.07, 6.45) is 0. The second-order valence-corrected chi connectivity index (χ2v) is 17.2. The first kappa shape index (κ1) is 46.8. The molecule has 8 nitrogen and oxygen atoms in total. The summed E-state index contributed by atoms with van der Waals surface area (Å²) in [5.74, 6) is -0.238. The first-order valence-electron chi connectivity index (χ1n) is 24.3. The molecule has 0 atom stereocenters. The normalized spacial score (nSPS) is 11.2. The fourth-order valence-electron chi connectivity index (χ4n) is 10.1. The minimum absolute atomic E-state index is 0.175. The summed E-state index contributed by atoms with van der Waals surface area (Å²) in [6, 6.07) is 60.7. The van der Waals surface area contributed by atoms with Gasteiger partial charge in [0.2, 0.25) is 0 Å². The van der Waals surface area contributed by atoms with Crippen molar-refractivity contribution in [3.05, 3.63) is 249 Å². The number of carbonyl (C=O) groups is 4. The number of ether oxygens (including phenoxy) is 4. The summed E-state index contributed by atoms with van der Waals surface area (Å²) in [7, 11) is 0. The van der Waals surface area contributed by atoms with E-state index >= 15 is 0 Å². The van der Waals surface area contributed by atoms with Crippen LogP contribution in [0.25, 0.3) is 55.6 Å². The maximum absolute atomic E-state index is 13.5. The summed E-state index contributed by atoms with van der Waals surface area (Å²) in [5, 5.41) is 0. The molecule has 352 valence electrons. The average molecular weight is 947 g/mol. The lowest BCUT2D eigenvalue weighted by molar-refractivity contribution is 0.0511. The number of esters is 4. The molecular weight excluding hydrogens is 897 g/mol. The van der Waals surface area contributed by atoms with Crippen molar-refractivity contribution in [2.75, 3.05) is 26.4 Å². The highest BCUT2D eigenvalue weighted by Gasteiger charge is 2.39. The third kappa shape index (κ3) is 8.51. The van der Waals surface area contributed by atoms with Crippen molar-refractivity contribution in [3.8, 4) is 55.6 Å². The number of hydrogen-bond donors (Lipinski definition) is 0. The van der Waals surface area contributed by atoms with Gasteiger partial charge in [0.25, 0.3) is 0 Å². The molecule has 10 aliphatic rings. The maximum atomic E-state index is 13.5. The summed E-state index contributed by atoms with van der Waals surface area (Å²) in [4.78, 5) is 54.0. The van der Waals surface area contributed by atoms with Gasteiger partial charge >= 0.3 is 23.9 Å². The van der Waals surface area contributed by atoms with Crippen LogP contribution in [0.15, 0.2) is 182 Å². The van der Waals surface area contributed by atoms with Crippen molar-refractivity contribution < 1.29 is 38.1 Å². The minimum Gasteiger partial charge on any atom is -0.462 e.